The van der Waals surface area contributed by atoms with E-state index in [4.69, 9.17) is 11.6 Å². The number of rotatable bonds is 6. The molecule has 0 saturated carbocycles. The van der Waals surface area contributed by atoms with Gasteiger partial charge in [-0.3, -0.25) is 9.78 Å². The maximum atomic E-state index is 12.2. The summed E-state index contributed by atoms with van der Waals surface area (Å²) in [6.07, 6.45) is 2.76. The molecule has 1 aromatic carbocycles. The zero-order chi connectivity index (χ0) is 14.4. The molecule has 4 nitrogen and oxygen atoms in total. The quantitative estimate of drug-likeness (QED) is 0.805. The molecule has 0 bridgehead atoms. The Kier molecular flexibility index (Phi) is 5.32. The number of hydrogen-bond donors (Lipinski definition) is 2. The smallest absolute Gasteiger partial charge is 0.253 e. The number of aromatic nitrogens is 1. The molecule has 0 aliphatic rings. The minimum atomic E-state index is -0.144. The van der Waals surface area contributed by atoms with E-state index in [0.717, 1.165) is 24.9 Å². The van der Waals surface area contributed by atoms with Crippen molar-refractivity contribution >= 4 is 28.4 Å². The van der Waals surface area contributed by atoms with E-state index in [-0.39, 0.29) is 5.91 Å². The van der Waals surface area contributed by atoms with Crippen LogP contribution in [0, 0.1) is 0 Å². The summed E-state index contributed by atoms with van der Waals surface area (Å²) < 4.78 is 0. The number of carbonyl (C=O) groups is 1. The predicted molar refractivity (Wildman–Crippen MR) is 82.2 cm³/mol. The molecule has 5 heteroatoms. The van der Waals surface area contributed by atoms with Crippen molar-refractivity contribution in [3.05, 3.63) is 41.0 Å². The van der Waals surface area contributed by atoms with Crippen molar-refractivity contribution < 1.29 is 4.79 Å². The Balaban J connectivity index is 2.09. The van der Waals surface area contributed by atoms with Crippen LogP contribution in [0.15, 0.2) is 30.5 Å². The van der Waals surface area contributed by atoms with E-state index in [1.165, 1.54) is 0 Å². The molecule has 2 aromatic rings. The normalized spacial score (nSPS) is 10.7. The SMILES string of the molecule is CCCNCCNC(=O)c1cc(Cl)cc2cccnc12. The summed E-state index contributed by atoms with van der Waals surface area (Å²) in [5.74, 6) is -0.144. The summed E-state index contributed by atoms with van der Waals surface area (Å²) in [7, 11) is 0. The molecule has 1 aromatic heterocycles. The van der Waals surface area contributed by atoms with Gasteiger partial charge >= 0.3 is 0 Å². The highest BCUT2D eigenvalue weighted by Crippen LogP contribution is 2.22. The Morgan fingerprint density at radius 3 is 2.95 bits per heavy atom. The van der Waals surface area contributed by atoms with Crippen molar-refractivity contribution in [2.75, 3.05) is 19.6 Å². The zero-order valence-corrected chi connectivity index (χ0v) is 12.2. The second-order valence-electron chi connectivity index (χ2n) is 4.53. The van der Waals surface area contributed by atoms with Gasteiger partial charge in [-0.25, -0.2) is 0 Å². The molecule has 1 heterocycles. The molecule has 2 rings (SSSR count). The van der Waals surface area contributed by atoms with Gasteiger partial charge in [-0.15, -0.1) is 0 Å². The third-order valence-electron chi connectivity index (χ3n) is 2.93. The van der Waals surface area contributed by atoms with Crippen LogP contribution in [0.5, 0.6) is 0 Å². The number of fused-ring (bicyclic) bond motifs is 1. The van der Waals surface area contributed by atoms with E-state index >= 15 is 0 Å². The van der Waals surface area contributed by atoms with Gasteiger partial charge in [0.2, 0.25) is 0 Å². The first-order valence-corrected chi connectivity index (χ1v) is 7.13. The van der Waals surface area contributed by atoms with Crippen molar-refractivity contribution in [2.24, 2.45) is 0 Å². The van der Waals surface area contributed by atoms with Crippen LogP contribution in [0.2, 0.25) is 5.02 Å². The summed E-state index contributed by atoms with van der Waals surface area (Å²) in [6.45, 7) is 4.40. The van der Waals surface area contributed by atoms with Gasteiger partial charge in [0.25, 0.3) is 5.91 Å². The van der Waals surface area contributed by atoms with Crippen molar-refractivity contribution in [1.82, 2.24) is 15.6 Å². The molecule has 106 valence electrons. The maximum absolute atomic E-state index is 12.2. The van der Waals surface area contributed by atoms with Gasteiger partial charge < -0.3 is 10.6 Å². The fraction of sp³-hybridized carbons (Fsp3) is 0.333. The van der Waals surface area contributed by atoms with Gasteiger partial charge in [0.05, 0.1) is 11.1 Å². The number of nitrogens with zero attached hydrogens (tertiary/aromatic N) is 1. The minimum Gasteiger partial charge on any atom is -0.351 e. The van der Waals surface area contributed by atoms with Crippen LogP contribution < -0.4 is 10.6 Å². The summed E-state index contributed by atoms with van der Waals surface area (Å²) in [4.78, 5) is 16.5. The van der Waals surface area contributed by atoms with Crippen molar-refractivity contribution in [2.45, 2.75) is 13.3 Å². The van der Waals surface area contributed by atoms with Crippen LogP contribution in [0.4, 0.5) is 0 Å². The van der Waals surface area contributed by atoms with Crippen LogP contribution >= 0.6 is 11.6 Å². The summed E-state index contributed by atoms with van der Waals surface area (Å²) >= 11 is 6.05. The molecule has 0 radical (unpaired) electrons. The lowest BCUT2D eigenvalue weighted by Crippen LogP contribution is -2.32. The molecule has 0 fully saturated rings. The summed E-state index contributed by atoms with van der Waals surface area (Å²) in [6, 6.07) is 7.19. The Bertz CT molecular complexity index is 601. The van der Waals surface area contributed by atoms with Crippen LogP contribution in [0.3, 0.4) is 0 Å². The number of amides is 1. The molecule has 2 N–H and O–H groups in total. The Morgan fingerprint density at radius 1 is 1.30 bits per heavy atom. The van der Waals surface area contributed by atoms with Crippen molar-refractivity contribution in [1.29, 1.82) is 0 Å². The van der Waals surface area contributed by atoms with E-state index < -0.39 is 0 Å². The molecule has 0 unspecified atom stereocenters. The average molecular weight is 292 g/mol. The van der Waals surface area contributed by atoms with Crippen molar-refractivity contribution in [3.63, 3.8) is 0 Å². The second-order valence-corrected chi connectivity index (χ2v) is 4.97. The first kappa shape index (κ1) is 14.8. The fourth-order valence-electron chi connectivity index (χ4n) is 1.99. The molecule has 0 spiro atoms. The van der Waals surface area contributed by atoms with Crippen molar-refractivity contribution in [3.8, 4) is 0 Å². The third kappa shape index (κ3) is 3.68. The molecule has 1 amide bonds. The fourth-order valence-corrected chi connectivity index (χ4v) is 2.22. The van der Waals surface area contributed by atoms with Crippen LogP contribution in [0.1, 0.15) is 23.7 Å². The first-order chi connectivity index (χ1) is 9.72. The minimum absolute atomic E-state index is 0.144. The molecular formula is C15H18ClN3O. The average Bonchev–Trinajstić information content (AvgIpc) is 2.46. The van der Waals surface area contributed by atoms with Gasteiger partial charge in [-0.1, -0.05) is 24.6 Å². The Morgan fingerprint density at radius 2 is 2.15 bits per heavy atom. The Labute approximate surface area is 123 Å². The zero-order valence-electron chi connectivity index (χ0n) is 11.4. The summed E-state index contributed by atoms with van der Waals surface area (Å²) in [5, 5.41) is 7.52. The standard InChI is InChI=1S/C15H18ClN3O/c1-2-5-17-7-8-19-15(20)13-10-12(16)9-11-4-3-6-18-14(11)13/h3-4,6,9-10,17H,2,5,7-8H2,1H3,(H,19,20). The number of carbonyl (C=O) groups excluding carboxylic acids is 1. The monoisotopic (exact) mass is 291 g/mol. The topological polar surface area (TPSA) is 54.0 Å². The van der Waals surface area contributed by atoms with Gasteiger partial charge in [-0.2, -0.15) is 0 Å². The highest BCUT2D eigenvalue weighted by Gasteiger charge is 2.11. The summed E-state index contributed by atoms with van der Waals surface area (Å²) in [5.41, 5.74) is 1.19. The molecule has 0 aliphatic heterocycles. The van der Waals surface area contributed by atoms with Crippen LogP contribution in [-0.2, 0) is 0 Å². The van der Waals surface area contributed by atoms with Crippen LogP contribution in [-0.4, -0.2) is 30.5 Å². The molecule has 0 aliphatic carbocycles. The molecule has 20 heavy (non-hydrogen) atoms. The molecule has 0 saturated heterocycles. The lowest BCUT2D eigenvalue weighted by molar-refractivity contribution is 0.0955. The molecular weight excluding hydrogens is 274 g/mol. The highest BCUT2D eigenvalue weighted by molar-refractivity contribution is 6.32. The largest absolute Gasteiger partial charge is 0.351 e. The lowest BCUT2D eigenvalue weighted by Gasteiger charge is -2.08. The Hall–Kier alpha value is -1.65. The van der Waals surface area contributed by atoms with E-state index in [1.54, 1.807) is 12.3 Å². The van der Waals surface area contributed by atoms with Gasteiger partial charge in [-0.05, 0) is 31.2 Å². The van der Waals surface area contributed by atoms with Crippen LogP contribution in [0.25, 0.3) is 10.9 Å². The van der Waals surface area contributed by atoms with E-state index in [9.17, 15) is 4.79 Å². The lowest BCUT2D eigenvalue weighted by atomic mass is 10.1. The highest BCUT2D eigenvalue weighted by atomic mass is 35.5. The van der Waals surface area contributed by atoms with E-state index in [2.05, 4.69) is 22.5 Å². The predicted octanol–water partition coefficient (Wildman–Crippen LogP) is 2.62. The van der Waals surface area contributed by atoms with Gasteiger partial charge in [0.15, 0.2) is 0 Å². The number of pyridine rings is 1. The maximum Gasteiger partial charge on any atom is 0.253 e. The third-order valence-corrected chi connectivity index (χ3v) is 3.15. The number of hydrogen-bond acceptors (Lipinski definition) is 3. The second kappa shape index (κ2) is 7.22. The van der Waals surface area contributed by atoms with E-state index in [0.29, 0.717) is 22.6 Å². The van der Waals surface area contributed by atoms with Gasteiger partial charge in [0, 0.05) is 29.7 Å². The van der Waals surface area contributed by atoms with Gasteiger partial charge in [0.1, 0.15) is 0 Å². The number of halogens is 1. The number of benzene rings is 1. The number of nitrogens with one attached hydrogen (secondary N) is 2. The molecule has 0 atom stereocenters. The van der Waals surface area contributed by atoms with E-state index in [1.807, 2.05) is 18.2 Å². The first-order valence-electron chi connectivity index (χ1n) is 6.75.